The molecule has 3 heterocycles. The SMILES string of the molecule is COc1cc(OC)cc(C(C[C@@]2(n3cnc4c(N)ncnc43)O[C@H](CO)[C@@H](O)[C@H]2O)c2ccccc2C)c1. The average Bonchev–Trinajstić information content (AvgIpc) is 3.48. The van der Waals surface area contributed by atoms with Gasteiger partial charge in [-0.05, 0) is 35.7 Å². The molecular formula is C27H31N5O6. The first kappa shape index (κ1) is 25.9. The fraction of sp³-hybridized carbons (Fsp3) is 0.370. The number of nitrogen functional groups attached to an aromatic ring is 1. The summed E-state index contributed by atoms with van der Waals surface area (Å²) in [6, 6.07) is 13.5. The second-order valence-corrected chi connectivity index (χ2v) is 9.42. The van der Waals surface area contributed by atoms with Gasteiger partial charge in [-0.1, -0.05) is 24.3 Å². The lowest BCUT2D eigenvalue weighted by Crippen LogP contribution is -2.46. The van der Waals surface area contributed by atoms with Crippen LogP contribution >= 0.6 is 0 Å². The molecule has 0 radical (unpaired) electrons. The third kappa shape index (κ3) is 4.23. The van der Waals surface area contributed by atoms with E-state index in [0.717, 1.165) is 16.7 Å². The van der Waals surface area contributed by atoms with Crippen molar-refractivity contribution in [2.24, 2.45) is 0 Å². The number of aromatic nitrogens is 4. The van der Waals surface area contributed by atoms with Gasteiger partial charge in [0.1, 0.15) is 41.7 Å². The molecule has 5 atom stereocenters. The first-order chi connectivity index (χ1) is 18.3. The summed E-state index contributed by atoms with van der Waals surface area (Å²) in [6.45, 7) is 1.51. The van der Waals surface area contributed by atoms with Crippen molar-refractivity contribution < 1.29 is 29.5 Å². The Hall–Kier alpha value is -3.77. The Kier molecular flexibility index (Phi) is 6.93. The highest BCUT2D eigenvalue weighted by Gasteiger charge is 2.57. The number of aryl methyl sites for hydroxylation is 1. The molecule has 0 amide bonds. The van der Waals surface area contributed by atoms with Gasteiger partial charge < -0.3 is 35.3 Å². The van der Waals surface area contributed by atoms with E-state index < -0.39 is 30.6 Å². The van der Waals surface area contributed by atoms with Gasteiger partial charge in [0.25, 0.3) is 0 Å². The highest BCUT2D eigenvalue weighted by molar-refractivity contribution is 5.81. The highest BCUT2D eigenvalue weighted by atomic mass is 16.6. The number of anilines is 1. The Morgan fingerprint density at radius 3 is 2.42 bits per heavy atom. The summed E-state index contributed by atoms with van der Waals surface area (Å²) < 4.78 is 19.0. The lowest BCUT2D eigenvalue weighted by atomic mass is 9.80. The van der Waals surface area contributed by atoms with Crippen molar-refractivity contribution >= 4 is 17.0 Å². The van der Waals surface area contributed by atoms with Gasteiger partial charge >= 0.3 is 0 Å². The van der Waals surface area contributed by atoms with E-state index in [2.05, 4.69) is 15.0 Å². The summed E-state index contributed by atoms with van der Waals surface area (Å²) in [5.74, 6) is 0.989. The lowest BCUT2D eigenvalue weighted by Gasteiger charge is -2.37. The van der Waals surface area contributed by atoms with Crippen LogP contribution in [0, 0.1) is 6.92 Å². The first-order valence-electron chi connectivity index (χ1n) is 12.2. The van der Waals surface area contributed by atoms with E-state index in [1.165, 1.54) is 12.7 Å². The molecule has 0 bridgehead atoms. The number of fused-ring (bicyclic) bond motifs is 1. The van der Waals surface area contributed by atoms with Gasteiger partial charge in [-0.2, -0.15) is 0 Å². The van der Waals surface area contributed by atoms with Crippen molar-refractivity contribution in [3.05, 3.63) is 71.8 Å². The molecule has 1 aliphatic heterocycles. The molecule has 11 nitrogen and oxygen atoms in total. The molecule has 1 saturated heterocycles. The van der Waals surface area contributed by atoms with E-state index in [1.54, 1.807) is 24.9 Å². The number of aliphatic hydroxyl groups excluding tert-OH is 3. The van der Waals surface area contributed by atoms with Crippen molar-refractivity contribution in [3.8, 4) is 11.5 Å². The number of benzene rings is 2. The van der Waals surface area contributed by atoms with Crippen molar-refractivity contribution in [1.29, 1.82) is 0 Å². The Labute approximate surface area is 219 Å². The van der Waals surface area contributed by atoms with Crippen LogP contribution in [-0.4, -0.2) is 74.0 Å². The van der Waals surface area contributed by atoms with E-state index in [9.17, 15) is 15.3 Å². The molecule has 1 unspecified atom stereocenters. The second-order valence-electron chi connectivity index (χ2n) is 9.42. The highest BCUT2D eigenvalue weighted by Crippen LogP contribution is 2.47. The predicted octanol–water partition coefficient (Wildman–Crippen LogP) is 1.72. The molecule has 11 heteroatoms. The molecule has 1 fully saturated rings. The standard InChI is InChI=1S/C27H31N5O6/c1-15-6-4-5-7-19(15)20(16-8-17(36-2)10-18(9-16)37-3)11-27(24(35)23(34)21(12-33)38-27)32-14-31-22-25(28)29-13-30-26(22)32/h4-10,13-14,20-21,23-24,33-35H,11-12H2,1-3H3,(H2,28,29,30)/t20?,21-,23-,24-,27-/m1/s1. The van der Waals surface area contributed by atoms with Gasteiger partial charge in [-0.25, -0.2) is 15.0 Å². The Bertz CT molecular complexity index is 1420. The Balaban J connectivity index is 1.75. The number of hydrogen-bond donors (Lipinski definition) is 4. The molecule has 4 aromatic rings. The van der Waals surface area contributed by atoms with E-state index in [4.69, 9.17) is 19.9 Å². The molecular weight excluding hydrogens is 490 g/mol. The van der Waals surface area contributed by atoms with Gasteiger partial charge in [0, 0.05) is 18.4 Å². The molecule has 5 N–H and O–H groups in total. The lowest BCUT2D eigenvalue weighted by molar-refractivity contribution is -0.152. The molecule has 0 saturated carbocycles. The van der Waals surface area contributed by atoms with Gasteiger partial charge in [0.05, 0.1) is 27.2 Å². The van der Waals surface area contributed by atoms with E-state index >= 15 is 0 Å². The third-order valence-electron chi connectivity index (χ3n) is 7.31. The maximum absolute atomic E-state index is 11.6. The quantitative estimate of drug-likeness (QED) is 0.269. The number of hydrogen-bond acceptors (Lipinski definition) is 10. The molecule has 1 aliphatic rings. The molecule has 0 spiro atoms. The fourth-order valence-electron chi connectivity index (χ4n) is 5.32. The van der Waals surface area contributed by atoms with Gasteiger partial charge in [0.2, 0.25) is 0 Å². The van der Waals surface area contributed by atoms with Gasteiger partial charge in [-0.3, -0.25) is 4.57 Å². The predicted molar refractivity (Wildman–Crippen MR) is 139 cm³/mol. The minimum atomic E-state index is -1.58. The average molecular weight is 522 g/mol. The minimum Gasteiger partial charge on any atom is -0.497 e. The van der Waals surface area contributed by atoms with Gasteiger partial charge in [-0.15, -0.1) is 0 Å². The van der Waals surface area contributed by atoms with Crippen LogP contribution < -0.4 is 15.2 Å². The van der Waals surface area contributed by atoms with E-state index in [0.29, 0.717) is 22.7 Å². The monoisotopic (exact) mass is 521 g/mol. The topological polar surface area (TPSA) is 158 Å². The number of rotatable bonds is 8. The summed E-state index contributed by atoms with van der Waals surface area (Å²) in [5, 5.41) is 32.5. The smallest absolute Gasteiger partial charge is 0.177 e. The van der Waals surface area contributed by atoms with Gasteiger partial charge in [0.15, 0.2) is 17.2 Å². The number of aliphatic hydroxyl groups is 3. The molecule has 38 heavy (non-hydrogen) atoms. The Morgan fingerprint density at radius 2 is 1.79 bits per heavy atom. The zero-order valence-corrected chi connectivity index (χ0v) is 21.4. The number of nitrogens with two attached hydrogens (primary N) is 1. The maximum Gasteiger partial charge on any atom is 0.177 e. The van der Waals surface area contributed by atoms with Crippen molar-refractivity contribution in [2.75, 3.05) is 26.6 Å². The van der Waals surface area contributed by atoms with Crippen LogP contribution in [0.25, 0.3) is 11.2 Å². The van der Waals surface area contributed by atoms with Crippen LogP contribution in [0.3, 0.4) is 0 Å². The summed E-state index contributed by atoms with van der Waals surface area (Å²) in [4.78, 5) is 12.8. The number of methoxy groups -OCH3 is 2. The molecule has 2 aromatic heterocycles. The number of nitrogens with zero attached hydrogens (tertiary/aromatic N) is 4. The maximum atomic E-state index is 11.6. The molecule has 5 rings (SSSR count). The van der Waals surface area contributed by atoms with Crippen molar-refractivity contribution in [3.63, 3.8) is 0 Å². The minimum absolute atomic E-state index is 0.137. The third-order valence-corrected chi connectivity index (χ3v) is 7.31. The second kappa shape index (κ2) is 10.2. The Morgan fingerprint density at radius 1 is 1.08 bits per heavy atom. The fourth-order valence-corrected chi connectivity index (χ4v) is 5.32. The summed E-state index contributed by atoms with van der Waals surface area (Å²) in [7, 11) is 3.16. The van der Waals surface area contributed by atoms with E-state index in [-0.39, 0.29) is 18.2 Å². The summed E-state index contributed by atoms with van der Waals surface area (Å²) in [6.07, 6.45) is -0.943. The normalized spacial score (nSPS) is 24.0. The van der Waals surface area contributed by atoms with Crippen LogP contribution in [0.2, 0.25) is 0 Å². The zero-order valence-electron chi connectivity index (χ0n) is 21.4. The van der Waals surface area contributed by atoms with Crippen LogP contribution in [0.5, 0.6) is 11.5 Å². The van der Waals surface area contributed by atoms with Crippen LogP contribution in [-0.2, 0) is 10.5 Å². The summed E-state index contributed by atoms with van der Waals surface area (Å²) >= 11 is 0. The van der Waals surface area contributed by atoms with Crippen LogP contribution in [0.1, 0.15) is 29.0 Å². The van der Waals surface area contributed by atoms with Crippen LogP contribution in [0.15, 0.2) is 55.1 Å². The zero-order chi connectivity index (χ0) is 27.0. The molecule has 200 valence electrons. The first-order valence-corrected chi connectivity index (χ1v) is 12.2. The van der Waals surface area contributed by atoms with E-state index in [1.807, 2.05) is 43.3 Å². The largest absolute Gasteiger partial charge is 0.497 e. The summed E-state index contributed by atoms with van der Waals surface area (Å²) in [5.41, 5.74) is 7.96. The molecule has 2 aromatic carbocycles. The van der Waals surface area contributed by atoms with Crippen molar-refractivity contribution in [2.45, 2.75) is 43.3 Å². The van der Waals surface area contributed by atoms with Crippen LogP contribution in [0.4, 0.5) is 5.82 Å². The molecule has 0 aliphatic carbocycles. The number of imidazole rings is 1. The van der Waals surface area contributed by atoms with Crippen molar-refractivity contribution in [1.82, 2.24) is 19.5 Å². The number of ether oxygens (including phenoxy) is 3.